The highest BCUT2D eigenvalue weighted by atomic mass is 32.1. The Bertz CT molecular complexity index is 725. The number of fused-ring (bicyclic) bond motifs is 1. The van der Waals surface area contributed by atoms with Crippen molar-refractivity contribution in [3.8, 4) is 0 Å². The van der Waals surface area contributed by atoms with E-state index in [1.165, 1.54) is 11.3 Å². The van der Waals surface area contributed by atoms with E-state index >= 15 is 0 Å². The van der Waals surface area contributed by atoms with Gasteiger partial charge in [0, 0.05) is 10.9 Å². The van der Waals surface area contributed by atoms with Crippen molar-refractivity contribution in [3.63, 3.8) is 0 Å². The molecule has 3 rings (SSSR count). The Balaban J connectivity index is 1.68. The van der Waals surface area contributed by atoms with Crippen molar-refractivity contribution in [1.29, 1.82) is 0 Å². The Labute approximate surface area is 119 Å². The van der Waals surface area contributed by atoms with Gasteiger partial charge >= 0.3 is 5.97 Å². The van der Waals surface area contributed by atoms with Gasteiger partial charge in [-0.15, -0.1) is 11.3 Å². The van der Waals surface area contributed by atoms with E-state index in [0.717, 1.165) is 10.9 Å². The predicted octanol–water partition coefficient (Wildman–Crippen LogP) is 3.27. The number of thiophene rings is 1. The Morgan fingerprint density at radius 1 is 1.15 bits per heavy atom. The average molecular weight is 285 g/mol. The van der Waals surface area contributed by atoms with Crippen LogP contribution < -0.4 is 0 Å². The number of aromatic nitrogens is 1. The highest BCUT2D eigenvalue weighted by molar-refractivity contribution is 7.12. The zero-order valence-electron chi connectivity index (χ0n) is 10.5. The summed E-state index contributed by atoms with van der Waals surface area (Å²) in [6.07, 6.45) is 0. The van der Waals surface area contributed by atoms with E-state index in [-0.39, 0.29) is 12.4 Å². The minimum Gasteiger partial charge on any atom is -0.453 e. The van der Waals surface area contributed by atoms with Crippen molar-refractivity contribution in [2.24, 2.45) is 0 Å². The summed E-state index contributed by atoms with van der Waals surface area (Å²) in [6, 6.07) is 12.8. The van der Waals surface area contributed by atoms with E-state index in [9.17, 15) is 9.59 Å². The van der Waals surface area contributed by atoms with Crippen LogP contribution in [0.3, 0.4) is 0 Å². The SMILES string of the molecule is O=C(OCC(=O)c1cccs1)c1cc2ccccc2[nH]1. The first-order chi connectivity index (χ1) is 9.74. The molecule has 0 bridgehead atoms. The number of hydrogen-bond donors (Lipinski definition) is 1. The Morgan fingerprint density at radius 3 is 2.75 bits per heavy atom. The fraction of sp³-hybridized carbons (Fsp3) is 0.0667. The van der Waals surface area contributed by atoms with Crippen molar-refractivity contribution in [2.75, 3.05) is 6.61 Å². The van der Waals surface area contributed by atoms with Crippen LogP contribution in [0, 0.1) is 0 Å². The van der Waals surface area contributed by atoms with E-state index in [1.54, 1.807) is 18.2 Å². The van der Waals surface area contributed by atoms with E-state index in [1.807, 2.05) is 29.6 Å². The molecule has 0 radical (unpaired) electrons. The minimum atomic E-state index is -0.522. The number of carbonyl (C=O) groups is 2. The second-order valence-electron chi connectivity index (χ2n) is 4.25. The van der Waals surface area contributed by atoms with Gasteiger partial charge in [0.15, 0.2) is 6.61 Å². The van der Waals surface area contributed by atoms with Crippen LogP contribution in [0.1, 0.15) is 20.2 Å². The Kier molecular flexibility index (Phi) is 3.35. The number of hydrogen-bond acceptors (Lipinski definition) is 4. The molecule has 0 saturated carbocycles. The summed E-state index contributed by atoms with van der Waals surface area (Å²) in [7, 11) is 0. The maximum absolute atomic E-state index is 11.9. The molecular weight excluding hydrogens is 274 g/mol. The lowest BCUT2D eigenvalue weighted by molar-refractivity contribution is 0.0471. The van der Waals surface area contributed by atoms with Crippen LogP contribution in [0.5, 0.6) is 0 Å². The standard InChI is InChI=1S/C15H11NO3S/c17-13(14-6-3-7-20-14)9-19-15(18)12-8-10-4-1-2-5-11(10)16-12/h1-8,16H,9H2. The van der Waals surface area contributed by atoms with Gasteiger partial charge < -0.3 is 9.72 Å². The minimum absolute atomic E-state index is 0.190. The number of ether oxygens (including phenoxy) is 1. The third-order valence-corrected chi connectivity index (χ3v) is 3.79. The number of benzene rings is 1. The fourth-order valence-corrected chi connectivity index (χ4v) is 2.55. The summed E-state index contributed by atoms with van der Waals surface area (Å²) < 4.78 is 5.03. The molecule has 2 aromatic heterocycles. The number of carbonyl (C=O) groups excluding carboxylic acids is 2. The normalized spacial score (nSPS) is 10.6. The molecule has 0 aliphatic carbocycles. The first-order valence-electron chi connectivity index (χ1n) is 6.05. The van der Waals surface area contributed by atoms with Crippen LogP contribution in [0.15, 0.2) is 47.8 Å². The molecule has 4 nitrogen and oxygen atoms in total. The molecule has 0 atom stereocenters. The molecule has 0 unspecified atom stereocenters. The number of ketones is 1. The monoisotopic (exact) mass is 285 g/mol. The van der Waals surface area contributed by atoms with E-state index < -0.39 is 5.97 Å². The summed E-state index contributed by atoms with van der Waals surface area (Å²) in [5.41, 5.74) is 1.22. The zero-order valence-corrected chi connectivity index (χ0v) is 11.3. The van der Waals surface area contributed by atoms with Crippen LogP contribution in [0.4, 0.5) is 0 Å². The van der Waals surface area contributed by atoms with Crippen LogP contribution in [0.25, 0.3) is 10.9 Å². The molecule has 0 spiro atoms. The van der Waals surface area contributed by atoms with Gasteiger partial charge in [-0.1, -0.05) is 24.3 Å². The molecule has 1 N–H and O–H groups in total. The number of esters is 1. The van der Waals surface area contributed by atoms with Gasteiger partial charge in [-0.25, -0.2) is 4.79 Å². The Morgan fingerprint density at radius 2 is 2.00 bits per heavy atom. The van der Waals surface area contributed by atoms with Crippen molar-refractivity contribution < 1.29 is 14.3 Å². The molecule has 0 fully saturated rings. The number of para-hydroxylation sites is 1. The van der Waals surface area contributed by atoms with Crippen LogP contribution >= 0.6 is 11.3 Å². The number of H-pyrrole nitrogens is 1. The molecule has 0 aliphatic heterocycles. The Hall–Kier alpha value is -2.40. The zero-order chi connectivity index (χ0) is 13.9. The van der Waals surface area contributed by atoms with Gasteiger partial charge in [0.25, 0.3) is 0 Å². The van der Waals surface area contributed by atoms with E-state index in [2.05, 4.69) is 4.98 Å². The van der Waals surface area contributed by atoms with Crippen molar-refractivity contribution in [2.45, 2.75) is 0 Å². The highest BCUT2D eigenvalue weighted by Gasteiger charge is 2.14. The maximum atomic E-state index is 11.9. The molecule has 0 aliphatic rings. The first kappa shape index (κ1) is 12.6. The summed E-state index contributed by atoms with van der Waals surface area (Å²) in [5.74, 6) is -0.712. The molecule has 3 aromatic rings. The summed E-state index contributed by atoms with van der Waals surface area (Å²) >= 11 is 1.33. The van der Waals surface area contributed by atoms with Gasteiger partial charge in [-0.2, -0.15) is 0 Å². The maximum Gasteiger partial charge on any atom is 0.355 e. The average Bonchev–Trinajstić information content (AvgIpc) is 3.12. The second kappa shape index (κ2) is 5.30. The van der Waals surface area contributed by atoms with E-state index in [0.29, 0.717) is 10.6 Å². The van der Waals surface area contributed by atoms with E-state index in [4.69, 9.17) is 4.74 Å². The summed E-state index contributed by atoms with van der Waals surface area (Å²) in [6.45, 7) is -0.241. The third-order valence-electron chi connectivity index (χ3n) is 2.88. The van der Waals surface area contributed by atoms with Crippen molar-refractivity contribution in [3.05, 3.63) is 58.4 Å². The van der Waals surface area contributed by atoms with Gasteiger partial charge in [-0.3, -0.25) is 4.79 Å². The number of rotatable bonds is 4. The van der Waals surface area contributed by atoms with Crippen molar-refractivity contribution >= 4 is 34.0 Å². The predicted molar refractivity (Wildman–Crippen MR) is 77.2 cm³/mol. The van der Waals surface area contributed by atoms with Crippen LogP contribution in [-0.4, -0.2) is 23.3 Å². The fourth-order valence-electron chi connectivity index (χ4n) is 1.90. The molecule has 0 saturated heterocycles. The third kappa shape index (κ3) is 2.48. The lowest BCUT2D eigenvalue weighted by atomic mass is 10.2. The van der Waals surface area contributed by atoms with Gasteiger partial charge in [0.05, 0.1) is 4.88 Å². The number of aromatic amines is 1. The smallest absolute Gasteiger partial charge is 0.355 e. The molecular formula is C15H11NO3S. The molecule has 100 valence electrons. The lowest BCUT2D eigenvalue weighted by Gasteiger charge is -2.01. The summed E-state index contributed by atoms with van der Waals surface area (Å²) in [4.78, 5) is 27.2. The first-order valence-corrected chi connectivity index (χ1v) is 6.93. The topological polar surface area (TPSA) is 59.2 Å². The largest absolute Gasteiger partial charge is 0.453 e. The van der Waals surface area contributed by atoms with Gasteiger partial charge in [-0.05, 0) is 23.6 Å². The highest BCUT2D eigenvalue weighted by Crippen LogP contribution is 2.15. The van der Waals surface area contributed by atoms with Gasteiger partial charge in [0.2, 0.25) is 5.78 Å². The lowest BCUT2D eigenvalue weighted by Crippen LogP contribution is -2.13. The van der Waals surface area contributed by atoms with Gasteiger partial charge in [0.1, 0.15) is 5.69 Å². The van der Waals surface area contributed by atoms with Crippen LogP contribution in [-0.2, 0) is 4.74 Å². The molecule has 0 amide bonds. The second-order valence-corrected chi connectivity index (χ2v) is 5.19. The van der Waals surface area contributed by atoms with Crippen LogP contribution in [0.2, 0.25) is 0 Å². The molecule has 20 heavy (non-hydrogen) atoms. The quantitative estimate of drug-likeness (QED) is 0.591. The molecule has 2 heterocycles. The number of nitrogens with one attached hydrogen (secondary N) is 1. The number of Topliss-reactive ketones (excluding diaryl/α,β-unsaturated/α-hetero) is 1. The van der Waals surface area contributed by atoms with Crippen molar-refractivity contribution in [1.82, 2.24) is 4.98 Å². The summed E-state index contributed by atoms with van der Waals surface area (Å²) in [5, 5.41) is 2.75. The molecule has 1 aromatic carbocycles. The molecule has 5 heteroatoms.